The van der Waals surface area contributed by atoms with E-state index in [0.29, 0.717) is 27.8 Å². The average molecular weight is 1140 g/mol. The number of carbonyl (C=O) groups is 3. The molecule has 4 aliphatic carbocycles. The number of carboxylic acids is 3. The van der Waals surface area contributed by atoms with Gasteiger partial charge in [0.1, 0.15) is 27.0 Å². The van der Waals surface area contributed by atoms with Gasteiger partial charge in [-0.15, -0.1) is 0 Å². The molecule has 0 spiro atoms. The summed E-state index contributed by atoms with van der Waals surface area (Å²) in [5.41, 5.74) is 3.76. The molecule has 4 unspecified atom stereocenters. The third kappa shape index (κ3) is 10.4. The molecule has 6 aromatic carbocycles. The lowest BCUT2D eigenvalue weighted by Gasteiger charge is -2.34. The normalized spacial score (nSPS) is 20.2. The van der Waals surface area contributed by atoms with Crippen LogP contribution in [0.15, 0.2) is 191 Å². The smallest absolute Gasteiger partial charge is 0.339 e. The van der Waals surface area contributed by atoms with Crippen molar-refractivity contribution in [2.75, 3.05) is 0 Å². The molecule has 0 aliphatic heterocycles. The SMILES string of the molecule is CC(C)(c1ccc(OS(=O)(=O)c2cccc3c2C=CC(C(=O)O)C3)cc1)c1ccc([C@](C)(c2ccc(OS(=O)(=O)C3=CC=CC4C=CCC(C(=O)O)[C@H]34)cc2)c2ccc(OS(=O)(=O)c3cccc4c3C=CCC4C(=O)O)cc2)cc1. The summed E-state index contributed by atoms with van der Waals surface area (Å²) in [7, 11) is -13.3. The number of aliphatic carboxylic acids is 3. The third-order valence-electron chi connectivity index (χ3n) is 15.7. The summed E-state index contributed by atoms with van der Waals surface area (Å²) in [6.45, 7) is 5.98. The number of rotatable bonds is 17. The van der Waals surface area contributed by atoms with Crippen LogP contribution in [0.1, 0.15) is 89.6 Å². The Morgan fingerprint density at radius 3 is 1.55 bits per heavy atom. The van der Waals surface area contributed by atoms with Gasteiger partial charge in [0.2, 0.25) is 0 Å². The maximum atomic E-state index is 14.0. The van der Waals surface area contributed by atoms with Crippen LogP contribution in [0.3, 0.4) is 0 Å². The van der Waals surface area contributed by atoms with Gasteiger partial charge < -0.3 is 27.9 Å². The van der Waals surface area contributed by atoms with Crippen molar-refractivity contribution in [3.8, 4) is 17.2 Å². The predicted octanol–water partition coefficient (Wildman–Crippen LogP) is 10.8. The third-order valence-corrected chi connectivity index (χ3v) is 19.8. The van der Waals surface area contributed by atoms with Crippen molar-refractivity contribution in [3.63, 3.8) is 0 Å². The largest absolute Gasteiger partial charge is 0.481 e. The zero-order valence-corrected chi connectivity index (χ0v) is 45.8. The highest BCUT2D eigenvalue weighted by atomic mass is 32.2. The van der Waals surface area contributed by atoms with Crippen molar-refractivity contribution in [3.05, 3.63) is 231 Å². The van der Waals surface area contributed by atoms with E-state index in [-0.39, 0.29) is 56.8 Å². The van der Waals surface area contributed by atoms with Crippen LogP contribution >= 0.6 is 0 Å². The Hall–Kier alpha value is -8.32. The van der Waals surface area contributed by atoms with E-state index in [1.807, 2.05) is 45.0 Å². The van der Waals surface area contributed by atoms with Gasteiger partial charge in [-0.2, -0.15) is 25.3 Å². The highest BCUT2D eigenvalue weighted by Crippen LogP contribution is 2.45. The lowest BCUT2D eigenvalue weighted by Crippen LogP contribution is -2.36. The summed E-state index contributed by atoms with van der Waals surface area (Å²) in [5.74, 6) is -7.09. The first-order valence-corrected chi connectivity index (χ1v) is 29.8. The van der Waals surface area contributed by atoms with Crippen molar-refractivity contribution in [2.45, 2.75) is 66.6 Å². The van der Waals surface area contributed by atoms with E-state index >= 15 is 0 Å². The fraction of sp³-hybridized carbons (Fsp3) is 0.210. The number of hydrogen-bond donors (Lipinski definition) is 3. The molecule has 0 amide bonds. The summed E-state index contributed by atoms with van der Waals surface area (Å²) in [4.78, 5) is 35.6. The maximum absolute atomic E-state index is 14.0. The molecule has 18 heteroatoms. The van der Waals surface area contributed by atoms with Gasteiger partial charge in [-0.05, 0) is 125 Å². The molecule has 80 heavy (non-hydrogen) atoms. The van der Waals surface area contributed by atoms with Crippen molar-refractivity contribution in [1.29, 1.82) is 0 Å². The minimum absolute atomic E-state index is 0.0113. The van der Waals surface area contributed by atoms with Gasteiger partial charge in [-0.25, -0.2) is 0 Å². The molecule has 410 valence electrons. The van der Waals surface area contributed by atoms with Gasteiger partial charge in [0.15, 0.2) is 0 Å². The lowest BCUT2D eigenvalue weighted by molar-refractivity contribution is -0.143. The summed E-state index contributed by atoms with van der Waals surface area (Å²) in [6.07, 6.45) is 15.0. The van der Waals surface area contributed by atoms with Crippen LogP contribution in [0.5, 0.6) is 17.2 Å². The van der Waals surface area contributed by atoms with Gasteiger partial charge in [0.05, 0.1) is 22.7 Å². The molecule has 4 aliphatic rings. The van der Waals surface area contributed by atoms with Crippen molar-refractivity contribution < 1.29 is 67.5 Å². The molecule has 0 fully saturated rings. The van der Waals surface area contributed by atoms with E-state index in [2.05, 4.69) is 0 Å². The van der Waals surface area contributed by atoms with E-state index in [0.717, 1.165) is 16.7 Å². The molecule has 0 saturated heterocycles. The molecule has 6 atom stereocenters. The van der Waals surface area contributed by atoms with E-state index < -0.39 is 88.7 Å². The Balaban J connectivity index is 0.940. The zero-order valence-electron chi connectivity index (χ0n) is 43.4. The lowest BCUT2D eigenvalue weighted by atomic mass is 9.70. The standard InChI is InChI=1S/C62H54O15S3/c1-61(2,42-24-30-46(31-25-42)75-78(69,70)54-16-6-11-39-37-40(58(63)64)19-36-49(39)54)41-20-22-43(23-21-41)62(3,44-26-32-47(33-27-44)76-79(71,72)55-17-8-12-50-51(55)13-7-14-52(50)59(65)66)45-28-34-48(35-29-45)77-80(73,74)56-18-5-10-38-9-4-15-53(57(38)56)60(67)68/h4-13,16-36,38,40,52-53,57H,14-15,37H2,1-3H3,(H,63,64)(H,65,66)(H,67,68)/t38?,40?,52?,53?,57-,62+/m1/s1. The van der Waals surface area contributed by atoms with Crippen LogP contribution < -0.4 is 12.5 Å². The Labute approximate surface area is 463 Å². The molecule has 0 heterocycles. The summed E-state index contributed by atoms with van der Waals surface area (Å²) in [6, 6.07) is 36.6. The van der Waals surface area contributed by atoms with Gasteiger partial charge in [0.25, 0.3) is 0 Å². The molecule has 3 N–H and O–H groups in total. The number of hydrogen-bond acceptors (Lipinski definition) is 12. The second kappa shape index (κ2) is 21.1. The highest BCUT2D eigenvalue weighted by Gasteiger charge is 2.43. The second-order valence-corrected chi connectivity index (χ2v) is 25.4. The van der Waals surface area contributed by atoms with Crippen LogP contribution in [0.25, 0.3) is 12.2 Å². The topological polar surface area (TPSA) is 242 Å². The van der Waals surface area contributed by atoms with Gasteiger partial charge in [-0.3, -0.25) is 14.4 Å². The van der Waals surface area contributed by atoms with E-state index in [1.165, 1.54) is 60.7 Å². The molecule has 0 aromatic heterocycles. The molecule has 0 bridgehead atoms. The summed E-state index contributed by atoms with van der Waals surface area (Å²) < 4.78 is 100. The number of fused-ring (bicyclic) bond motifs is 3. The second-order valence-electron chi connectivity index (χ2n) is 20.8. The van der Waals surface area contributed by atoms with Gasteiger partial charge in [0, 0.05) is 28.2 Å². The van der Waals surface area contributed by atoms with Crippen molar-refractivity contribution in [1.82, 2.24) is 0 Å². The highest BCUT2D eigenvalue weighted by molar-refractivity contribution is 7.91. The molecular formula is C62H54O15S3. The fourth-order valence-electron chi connectivity index (χ4n) is 11.2. The molecule has 0 radical (unpaired) electrons. The van der Waals surface area contributed by atoms with Crippen LogP contribution in [-0.4, -0.2) is 58.5 Å². The van der Waals surface area contributed by atoms with Crippen LogP contribution in [-0.2, 0) is 62.0 Å². The van der Waals surface area contributed by atoms with Crippen molar-refractivity contribution in [2.24, 2.45) is 23.7 Å². The fourth-order valence-corrected chi connectivity index (χ4v) is 14.9. The van der Waals surface area contributed by atoms with E-state index in [4.69, 9.17) is 12.5 Å². The number of carboxylic acid groups (broad SMARTS) is 3. The Kier molecular flexibility index (Phi) is 14.5. The van der Waals surface area contributed by atoms with E-state index in [9.17, 15) is 55.0 Å². The molecule has 10 rings (SSSR count). The van der Waals surface area contributed by atoms with Crippen LogP contribution in [0.2, 0.25) is 0 Å². The number of allylic oxidation sites excluding steroid dienone is 7. The monoisotopic (exact) mass is 1130 g/mol. The number of benzene rings is 6. The molecule has 15 nitrogen and oxygen atoms in total. The molecular weight excluding hydrogens is 1080 g/mol. The van der Waals surface area contributed by atoms with E-state index in [1.54, 1.807) is 103 Å². The Morgan fingerprint density at radius 2 is 1.01 bits per heavy atom. The predicted molar refractivity (Wildman–Crippen MR) is 298 cm³/mol. The minimum atomic E-state index is -4.48. The van der Waals surface area contributed by atoms with Crippen molar-refractivity contribution >= 4 is 60.4 Å². The van der Waals surface area contributed by atoms with Crippen LogP contribution in [0, 0.1) is 23.7 Å². The first-order valence-electron chi connectivity index (χ1n) is 25.6. The van der Waals surface area contributed by atoms with Crippen LogP contribution in [0.4, 0.5) is 0 Å². The maximum Gasteiger partial charge on any atom is 0.339 e. The van der Waals surface area contributed by atoms with Gasteiger partial charge >= 0.3 is 48.3 Å². The zero-order chi connectivity index (χ0) is 56.9. The summed E-state index contributed by atoms with van der Waals surface area (Å²) in [5, 5.41) is 29.4. The molecule has 0 saturated carbocycles. The summed E-state index contributed by atoms with van der Waals surface area (Å²) >= 11 is 0. The average Bonchev–Trinajstić information content (AvgIpc) is 3.48. The molecule has 6 aromatic rings. The Morgan fingerprint density at radius 1 is 0.512 bits per heavy atom. The first kappa shape index (κ1) is 55.0. The Bertz CT molecular complexity index is 3970. The minimum Gasteiger partial charge on any atom is -0.481 e. The first-order chi connectivity index (χ1) is 38.0. The quantitative estimate of drug-likeness (QED) is 0.0437. The van der Waals surface area contributed by atoms with Gasteiger partial charge in [-0.1, -0.05) is 147 Å².